The van der Waals surface area contributed by atoms with Crippen molar-refractivity contribution in [2.75, 3.05) is 18.8 Å². The number of aromatic amines is 1. The van der Waals surface area contributed by atoms with Crippen LogP contribution in [0.15, 0.2) is 5.16 Å². The minimum Gasteiger partial charge on any atom is -0.368 e. The van der Waals surface area contributed by atoms with Crippen molar-refractivity contribution in [2.24, 2.45) is 0 Å². The number of thioether (sulfide) groups is 1. The second-order valence-corrected chi connectivity index (χ2v) is 5.10. The van der Waals surface area contributed by atoms with Crippen molar-refractivity contribution in [3.8, 4) is 0 Å². The predicted molar refractivity (Wildman–Crippen MR) is 61.9 cm³/mol. The van der Waals surface area contributed by atoms with Gasteiger partial charge in [0, 0.05) is 13.1 Å². The van der Waals surface area contributed by atoms with E-state index in [4.69, 9.17) is 5.73 Å². The van der Waals surface area contributed by atoms with Crippen LogP contribution in [0.25, 0.3) is 0 Å². The summed E-state index contributed by atoms with van der Waals surface area (Å²) in [4.78, 5) is 17.8. The number of nitrogens with two attached hydrogens (primary N) is 1. The zero-order valence-corrected chi connectivity index (χ0v) is 9.96. The van der Waals surface area contributed by atoms with Crippen molar-refractivity contribution in [3.05, 3.63) is 0 Å². The summed E-state index contributed by atoms with van der Waals surface area (Å²) in [7, 11) is 0. The van der Waals surface area contributed by atoms with Gasteiger partial charge < -0.3 is 10.6 Å². The van der Waals surface area contributed by atoms with E-state index in [0.717, 1.165) is 25.9 Å². The summed E-state index contributed by atoms with van der Waals surface area (Å²) in [6.07, 6.45) is 2.22. The number of carbonyl (C=O) groups excluding carboxylic acids is 1. The maximum absolute atomic E-state index is 12.0. The highest BCUT2D eigenvalue weighted by Crippen LogP contribution is 2.22. The molecule has 88 valence electrons. The molecule has 3 N–H and O–H groups in total. The molecule has 16 heavy (non-hydrogen) atoms. The summed E-state index contributed by atoms with van der Waals surface area (Å²) in [6, 6.07) is 0. The maximum atomic E-state index is 12.0. The number of nitrogens with zero attached hydrogens (tertiary/aromatic N) is 3. The molecule has 1 aliphatic heterocycles. The van der Waals surface area contributed by atoms with Gasteiger partial charge in [-0.3, -0.25) is 4.79 Å². The molecule has 0 spiro atoms. The van der Waals surface area contributed by atoms with Gasteiger partial charge in [-0.05, 0) is 19.8 Å². The first-order chi connectivity index (χ1) is 7.66. The Hall–Kier alpha value is -1.24. The summed E-state index contributed by atoms with van der Waals surface area (Å²) in [5.41, 5.74) is 5.41. The lowest BCUT2D eigenvalue weighted by molar-refractivity contribution is -0.129. The van der Waals surface area contributed by atoms with E-state index in [0.29, 0.717) is 5.16 Å². The lowest BCUT2D eigenvalue weighted by atomic mass is 10.4. The molecule has 1 amide bonds. The van der Waals surface area contributed by atoms with Crippen LogP contribution in [0.4, 0.5) is 5.95 Å². The highest BCUT2D eigenvalue weighted by Gasteiger charge is 2.24. The van der Waals surface area contributed by atoms with Crippen molar-refractivity contribution in [1.82, 2.24) is 20.1 Å². The first-order valence-electron chi connectivity index (χ1n) is 5.30. The Morgan fingerprint density at radius 1 is 1.56 bits per heavy atom. The van der Waals surface area contributed by atoms with Gasteiger partial charge in [-0.1, -0.05) is 11.8 Å². The lowest BCUT2D eigenvalue weighted by Crippen LogP contribution is -2.34. The van der Waals surface area contributed by atoms with Gasteiger partial charge in [0.1, 0.15) is 0 Å². The number of amides is 1. The van der Waals surface area contributed by atoms with Gasteiger partial charge in [-0.25, -0.2) is 5.10 Å². The Morgan fingerprint density at radius 3 is 2.81 bits per heavy atom. The molecule has 1 aromatic rings. The highest BCUT2D eigenvalue weighted by atomic mass is 32.2. The third-order valence-electron chi connectivity index (χ3n) is 2.53. The number of nitrogens with one attached hydrogen (secondary N) is 1. The topological polar surface area (TPSA) is 87.9 Å². The van der Waals surface area contributed by atoms with E-state index >= 15 is 0 Å². The Morgan fingerprint density at radius 2 is 2.25 bits per heavy atom. The molecule has 0 radical (unpaired) electrons. The number of rotatable bonds is 3. The molecule has 7 heteroatoms. The first kappa shape index (κ1) is 11.3. The van der Waals surface area contributed by atoms with Gasteiger partial charge in [0.15, 0.2) is 0 Å². The fraction of sp³-hybridized carbons (Fsp3) is 0.667. The SMILES string of the molecule is C[C@@H](Sc1n[nH]c(N)n1)C(=O)N1CCCC1. The van der Waals surface area contributed by atoms with Crippen LogP contribution >= 0.6 is 11.8 Å². The molecule has 1 saturated heterocycles. The molecular formula is C9H15N5OS. The quantitative estimate of drug-likeness (QED) is 0.752. The zero-order chi connectivity index (χ0) is 11.5. The third-order valence-corrected chi connectivity index (χ3v) is 3.48. The highest BCUT2D eigenvalue weighted by molar-refractivity contribution is 8.00. The molecule has 0 saturated carbocycles. The van der Waals surface area contributed by atoms with Gasteiger partial charge in [-0.15, -0.1) is 5.10 Å². The molecule has 6 nitrogen and oxygen atoms in total. The molecule has 1 fully saturated rings. The van der Waals surface area contributed by atoms with Gasteiger partial charge >= 0.3 is 0 Å². The second kappa shape index (κ2) is 4.73. The Balaban J connectivity index is 1.91. The van der Waals surface area contributed by atoms with Crippen molar-refractivity contribution in [1.29, 1.82) is 0 Å². The number of carbonyl (C=O) groups is 1. The molecule has 1 aromatic heterocycles. The van der Waals surface area contributed by atoms with Crippen LogP contribution in [0, 0.1) is 0 Å². The fourth-order valence-electron chi connectivity index (χ4n) is 1.71. The average molecular weight is 241 g/mol. The van der Waals surface area contributed by atoms with Gasteiger partial charge in [0.25, 0.3) is 0 Å². The van der Waals surface area contributed by atoms with Crippen molar-refractivity contribution >= 4 is 23.6 Å². The molecule has 1 atom stereocenters. The van der Waals surface area contributed by atoms with E-state index in [9.17, 15) is 4.79 Å². The molecule has 0 aromatic carbocycles. The number of anilines is 1. The summed E-state index contributed by atoms with van der Waals surface area (Å²) >= 11 is 1.33. The maximum Gasteiger partial charge on any atom is 0.235 e. The summed E-state index contributed by atoms with van der Waals surface area (Å²) < 4.78 is 0. The lowest BCUT2D eigenvalue weighted by Gasteiger charge is -2.18. The van der Waals surface area contributed by atoms with Gasteiger partial charge in [-0.2, -0.15) is 4.98 Å². The fourth-order valence-corrected chi connectivity index (χ4v) is 2.53. The van der Waals surface area contributed by atoms with Crippen molar-refractivity contribution < 1.29 is 4.79 Å². The van der Waals surface area contributed by atoms with Crippen molar-refractivity contribution in [2.45, 2.75) is 30.2 Å². The minimum atomic E-state index is -0.159. The van der Waals surface area contributed by atoms with E-state index in [1.54, 1.807) is 0 Å². The number of hydrogen-bond acceptors (Lipinski definition) is 5. The third kappa shape index (κ3) is 2.46. The van der Waals surface area contributed by atoms with Crippen LogP contribution in [0.3, 0.4) is 0 Å². The van der Waals surface area contributed by atoms with Crippen molar-refractivity contribution in [3.63, 3.8) is 0 Å². The van der Waals surface area contributed by atoms with Gasteiger partial charge in [0.05, 0.1) is 5.25 Å². The van der Waals surface area contributed by atoms with E-state index in [1.807, 2.05) is 11.8 Å². The monoisotopic (exact) mass is 241 g/mol. The molecule has 0 aliphatic carbocycles. The summed E-state index contributed by atoms with van der Waals surface area (Å²) in [6.45, 7) is 3.62. The smallest absolute Gasteiger partial charge is 0.235 e. The van der Waals surface area contributed by atoms with E-state index in [2.05, 4.69) is 15.2 Å². The van der Waals surface area contributed by atoms with E-state index < -0.39 is 0 Å². The first-order valence-corrected chi connectivity index (χ1v) is 6.18. The normalized spacial score (nSPS) is 17.7. The molecule has 0 bridgehead atoms. The summed E-state index contributed by atoms with van der Waals surface area (Å²) in [5, 5.41) is 6.82. The van der Waals surface area contributed by atoms with Crippen LogP contribution in [0.1, 0.15) is 19.8 Å². The summed E-state index contributed by atoms with van der Waals surface area (Å²) in [5.74, 6) is 0.439. The number of likely N-dealkylation sites (tertiary alicyclic amines) is 1. The molecule has 1 aliphatic rings. The van der Waals surface area contributed by atoms with Crippen LogP contribution in [0.5, 0.6) is 0 Å². The van der Waals surface area contributed by atoms with Gasteiger partial charge in [0.2, 0.25) is 17.0 Å². The standard InChI is InChI=1S/C9H15N5OS/c1-6(7(15)14-4-2-3-5-14)16-9-11-8(10)12-13-9/h6H,2-5H2,1H3,(H3,10,11,12,13)/t6-/m1/s1. The second-order valence-electron chi connectivity index (χ2n) is 3.80. The number of aromatic nitrogens is 3. The zero-order valence-electron chi connectivity index (χ0n) is 9.14. The largest absolute Gasteiger partial charge is 0.368 e. The Bertz CT molecular complexity index is 374. The Labute approximate surface area is 98.0 Å². The number of nitrogen functional groups attached to an aromatic ring is 1. The molecule has 0 unspecified atom stereocenters. The van der Waals surface area contributed by atoms with Crippen LogP contribution in [-0.4, -0.2) is 44.3 Å². The van der Waals surface area contributed by atoms with Crippen LogP contribution in [0.2, 0.25) is 0 Å². The number of hydrogen-bond donors (Lipinski definition) is 2. The average Bonchev–Trinajstić information content (AvgIpc) is 2.88. The van der Waals surface area contributed by atoms with Crippen LogP contribution < -0.4 is 5.73 Å². The minimum absolute atomic E-state index is 0.158. The Kier molecular flexibility index (Phi) is 3.33. The molecule has 2 rings (SSSR count). The number of H-pyrrole nitrogens is 1. The van der Waals surface area contributed by atoms with E-state index in [1.165, 1.54) is 11.8 Å². The molecular weight excluding hydrogens is 226 g/mol. The molecule has 2 heterocycles. The predicted octanol–water partition coefficient (Wildman–Crippen LogP) is 0.490. The van der Waals surface area contributed by atoms with E-state index in [-0.39, 0.29) is 17.1 Å². The van der Waals surface area contributed by atoms with Crippen LogP contribution in [-0.2, 0) is 4.79 Å².